The van der Waals surface area contributed by atoms with Crippen LogP contribution < -0.4 is 0 Å². The predicted octanol–water partition coefficient (Wildman–Crippen LogP) is 8.46. The Morgan fingerprint density at radius 3 is 0.688 bits per heavy atom. The van der Waals surface area contributed by atoms with E-state index in [-0.39, 0.29) is 59.4 Å². The normalized spacial score (nSPS) is 4.88. The third-order valence-electron chi connectivity index (χ3n) is 1.46. The number of hydrogen-bond acceptors (Lipinski definition) is 0. The van der Waals surface area contributed by atoms with Crippen LogP contribution in [0.5, 0.6) is 0 Å². The van der Waals surface area contributed by atoms with Crippen LogP contribution in [0.2, 0.25) is 0 Å². The number of hydrogen-bond donors (Lipinski definition) is 0. The van der Waals surface area contributed by atoms with Crippen LogP contribution in [0, 0.1) is 0 Å². The van der Waals surface area contributed by atoms with Crippen molar-refractivity contribution in [2.24, 2.45) is 0 Å². The Morgan fingerprint density at radius 2 is 0.562 bits per heavy atom. The molecule has 0 heteroatoms. The molecular formula is C16H50. The minimum atomic E-state index is 0. The first kappa shape index (κ1) is 73.5. The van der Waals surface area contributed by atoms with Crippen LogP contribution in [0.15, 0.2) is 0 Å². The molecule has 0 spiro atoms. The molecule has 0 aromatic heterocycles. The van der Waals surface area contributed by atoms with Gasteiger partial charge in [0.05, 0.1) is 0 Å². The summed E-state index contributed by atoms with van der Waals surface area (Å²) in [5.74, 6) is 0. The van der Waals surface area contributed by atoms with Crippen LogP contribution in [-0.2, 0) is 0 Å². The van der Waals surface area contributed by atoms with Crippen LogP contribution >= 0.6 is 0 Å². The summed E-state index contributed by atoms with van der Waals surface area (Å²) >= 11 is 0. The third kappa shape index (κ3) is 94.6. The Labute approximate surface area is 112 Å². The molecule has 0 aromatic rings. The molecule has 0 nitrogen and oxygen atoms in total. The van der Waals surface area contributed by atoms with Gasteiger partial charge in [0.2, 0.25) is 0 Å². The van der Waals surface area contributed by atoms with Gasteiger partial charge in [-0.15, -0.1) is 0 Å². The van der Waals surface area contributed by atoms with Gasteiger partial charge in [-0.05, 0) is 0 Å². The zero-order valence-corrected chi connectivity index (χ0v) is 6.24. The molecule has 0 aromatic carbocycles. The molecule has 0 fully saturated rings. The van der Waals surface area contributed by atoms with E-state index in [1.807, 2.05) is 0 Å². The van der Waals surface area contributed by atoms with E-state index < -0.39 is 0 Å². The van der Waals surface area contributed by atoms with Crippen molar-refractivity contribution in [3.05, 3.63) is 0 Å². The van der Waals surface area contributed by atoms with Crippen molar-refractivity contribution in [2.75, 3.05) is 0 Å². The van der Waals surface area contributed by atoms with Gasteiger partial charge < -0.3 is 0 Å². The van der Waals surface area contributed by atoms with Gasteiger partial charge in [-0.3, -0.25) is 0 Å². The number of rotatable bonds is 5. The fourth-order valence-corrected chi connectivity index (χ4v) is 0.854. The van der Waals surface area contributed by atoms with Gasteiger partial charge in [-0.25, -0.2) is 0 Å². The fourth-order valence-electron chi connectivity index (χ4n) is 0.854. The molecule has 0 aliphatic heterocycles. The first-order valence-electron chi connectivity index (χ1n) is 3.91. The molecule has 0 rings (SSSR count). The van der Waals surface area contributed by atoms with E-state index in [0.29, 0.717) is 0 Å². The summed E-state index contributed by atoms with van der Waals surface area (Å²) in [5, 5.41) is 0. The van der Waals surface area contributed by atoms with Gasteiger partial charge in [0.15, 0.2) is 0 Å². The molecule has 0 amide bonds. The smallest absolute Gasteiger partial charge is 0.0533 e. The lowest BCUT2D eigenvalue weighted by atomic mass is 10.1. The summed E-state index contributed by atoms with van der Waals surface area (Å²) < 4.78 is 0. The molecule has 16 heavy (non-hydrogen) atoms. The molecule has 0 atom stereocenters. The Hall–Kier alpha value is 0. The van der Waals surface area contributed by atoms with E-state index >= 15 is 0 Å². The Kier molecular flexibility index (Phi) is 375. The van der Waals surface area contributed by atoms with Gasteiger partial charge >= 0.3 is 0 Å². The summed E-state index contributed by atoms with van der Waals surface area (Å²) in [6, 6.07) is 0. The largest absolute Gasteiger partial charge is 0.0776 e. The first-order chi connectivity index (χ1) is 3.91. The minimum absolute atomic E-state index is 0. The summed E-state index contributed by atoms with van der Waals surface area (Å²) in [6.45, 7) is 4.51. The second kappa shape index (κ2) is 81.7. The van der Waals surface area contributed by atoms with E-state index in [0.717, 1.165) is 0 Å². The van der Waals surface area contributed by atoms with Gasteiger partial charge in [-0.2, -0.15) is 0 Å². The van der Waals surface area contributed by atoms with Crippen molar-refractivity contribution in [3.8, 4) is 0 Å². The highest BCUT2D eigenvalue weighted by atomic mass is 13.9. The van der Waals surface area contributed by atoms with Crippen LogP contribution in [0.25, 0.3) is 0 Å². The standard InChI is InChI=1S/C8H18.8CH4/c1-3-5-7-8-6-4-2;;;;;;;;/h3-8H2,1-2H3;8*1H4. The Bertz CT molecular complexity index is 25.0. The monoisotopic (exact) mass is 242 g/mol. The lowest BCUT2D eigenvalue weighted by Crippen LogP contribution is -1.73. The maximum atomic E-state index is 2.26. The van der Waals surface area contributed by atoms with E-state index in [4.69, 9.17) is 0 Å². The quantitative estimate of drug-likeness (QED) is 0.424. The molecule has 114 valence electrons. The summed E-state index contributed by atoms with van der Waals surface area (Å²) in [7, 11) is 0. The lowest BCUT2D eigenvalue weighted by molar-refractivity contribution is 0.624. The highest BCUT2D eigenvalue weighted by Crippen LogP contribution is 2.03. The van der Waals surface area contributed by atoms with Gasteiger partial charge in [0.1, 0.15) is 0 Å². The van der Waals surface area contributed by atoms with Crippen LogP contribution in [-0.4, -0.2) is 0 Å². The molecule has 0 aliphatic rings. The van der Waals surface area contributed by atoms with Crippen molar-refractivity contribution >= 4 is 0 Å². The first-order valence-corrected chi connectivity index (χ1v) is 3.91. The highest BCUT2D eigenvalue weighted by molar-refractivity contribution is 4.39. The molecule has 0 saturated heterocycles. The maximum Gasteiger partial charge on any atom is -0.0533 e. The second-order valence-corrected chi connectivity index (χ2v) is 2.41. The Morgan fingerprint density at radius 1 is 0.375 bits per heavy atom. The fraction of sp³-hybridized carbons (Fsp3) is 1.00. The van der Waals surface area contributed by atoms with E-state index in [9.17, 15) is 0 Å². The van der Waals surface area contributed by atoms with Crippen molar-refractivity contribution in [3.63, 3.8) is 0 Å². The topological polar surface area (TPSA) is 0 Å². The average molecular weight is 243 g/mol. The third-order valence-corrected chi connectivity index (χ3v) is 1.46. The van der Waals surface area contributed by atoms with Crippen LogP contribution in [0.1, 0.15) is 112 Å². The molecule has 0 unspecified atom stereocenters. The molecular weight excluding hydrogens is 192 g/mol. The summed E-state index contributed by atoms with van der Waals surface area (Å²) in [5.41, 5.74) is 0. The van der Waals surface area contributed by atoms with Gasteiger partial charge in [-0.1, -0.05) is 112 Å². The average Bonchev–Trinajstić information content (AvgIpc) is 1.81. The summed E-state index contributed by atoms with van der Waals surface area (Å²) in [4.78, 5) is 0. The van der Waals surface area contributed by atoms with Crippen LogP contribution in [0.4, 0.5) is 0 Å². The molecule has 0 radical (unpaired) electrons. The zero-order valence-electron chi connectivity index (χ0n) is 6.24. The predicted molar refractivity (Wildman–Crippen MR) is 92.9 cm³/mol. The van der Waals surface area contributed by atoms with E-state index in [2.05, 4.69) is 13.8 Å². The van der Waals surface area contributed by atoms with Gasteiger partial charge in [0.25, 0.3) is 0 Å². The van der Waals surface area contributed by atoms with Crippen molar-refractivity contribution in [1.29, 1.82) is 0 Å². The van der Waals surface area contributed by atoms with Crippen molar-refractivity contribution < 1.29 is 0 Å². The Balaban J connectivity index is -0.00000000875. The molecule has 0 saturated carbocycles. The highest BCUT2D eigenvalue weighted by Gasteiger charge is 1.83. The maximum absolute atomic E-state index is 2.26. The molecule has 0 N–H and O–H groups in total. The molecule has 0 heterocycles. The van der Waals surface area contributed by atoms with Crippen LogP contribution in [0.3, 0.4) is 0 Å². The molecule has 0 aliphatic carbocycles. The van der Waals surface area contributed by atoms with Crippen molar-refractivity contribution in [2.45, 2.75) is 112 Å². The number of unbranched alkanes of at least 4 members (excludes halogenated alkanes) is 5. The lowest BCUT2D eigenvalue weighted by Gasteiger charge is -1.93. The summed E-state index contributed by atoms with van der Waals surface area (Å²) in [6.07, 6.45) is 8.49. The van der Waals surface area contributed by atoms with E-state index in [1.54, 1.807) is 0 Å². The van der Waals surface area contributed by atoms with Gasteiger partial charge in [0, 0.05) is 0 Å². The molecule has 0 bridgehead atoms. The SMILES string of the molecule is C.C.C.C.C.C.C.C.CCCCCCCC. The second-order valence-electron chi connectivity index (χ2n) is 2.41. The zero-order chi connectivity index (χ0) is 6.24. The van der Waals surface area contributed by atoms with Crippen molar-refractivity contribution in [1.82, 2.24) is 0 Å². The van der Waals surface area contributed by atoms with E-state index in [1.165, 1.54) is 38.5 Å². The minimum Gasteiger partial charge on any atom is -0.0776 e.